The molecule has 0 fully saturated rings. The van der Waals surface area contributed by atoms with Gasteiger partial charge in [0.25, 0.3) is 0 Å². The van der Waals surface area contributed by atoms with Gasteiger partial charge in [-0.25, -0.2) is 0 Å². The highest BCUT2D eigenvalue weighted by Gasteiger charge is 1.99. The molecule has 0 aliphatic heterocycles. The van der Waals surface area contributed by atoms with Crippen LogP contribution >= 0.6 is 0 Å². The Balaban J connectivity index is 2.28. The molecule has 0 spiro atoms. The molecule has 0 radical (unpaired) electrons. The molecule has 0 amide bonds. The number of aromatic nitrogens is 3. The van der Waals surface area contributed by atoms with Gasteiger partial charge in [0, 0.05) is 25.8 Å². The van der Waals surface area contributed by atoms with Crippen molar-refractivity contribution in [1.82, 2.24) is 19.9 Å². The number of nitrogens with zero attached hydrogens (tertiary/aromatic N) is 4. The molecule has 1 rings (SSSR count). The average Bonchev–Trinajstić information content (AvgIpc) is 2.53. The van der Waals surface area contributed by atoms with Crippen LogP contribution in [0.1, 0.15) is 12.1 Å². The van der Waals surface area contributed by atoms with Crippen molar-refractivity contribution in [3.8, 4) is 0 Å². The van der Waals surface area contributed by atoms with Crippen LogP contribution in [0.2, 0.25) is 0 Å². The molecule has 80 valence electrons. The number of hydrogen-bond donors (Lipinski definition) is 1. The molecule has 0 saturated carbocycles. The Bertz CT molecular complexity index is 259. The van der Waals surface area contributed by atoms with E-state index in [1.807, 2.05) is 10.9 Å². The molecule has 0 aliphatic carbocycles. The lowest BCUT2D eigenvalue weighted by atomic mass is 10.3. The topological polar surface area (TPSA) is 54.2 Å². The van der Waals surface area contributed by atoms with Crippen molar-refractivity contribution in [3.05, 3.63) is 11.9 Å². The fraction of sp³-hybridized carbons (Fsp3) is 0.778. The van der Waals surface area contributed by atoms with E-state index >= 15 is 0 Å². The van der Waals surface area contributed by atoms with Gasteiger partial charge in [-0.05, 0) is 27.1 Å². The van der Waals surface area contributed by atoms with E-state index in [0.29, 0.717) is 6.42 Å². The van der Waals surface area contributed by atoms with Gasteiger partial charge in [0.1, 0.15) is 0 Å². The highest BCUT2D eigenvalue weighted by Crippen LogP contribution is 1.95. The third-order valence-corrected chi connectivity index (χ3v) is 1.95. The molecule has 14 heavy (non-hydrogen) atoms. The highest BCUT2D eigenvalue weighted by molar-refractivity contribution is 4.91. The van der Waals surface area contributed by atoms with E-state index in [0.717, 1.165) is 25.2 Å². The van der Waals surface area contributed by atoms with Crippen LogP contribution in [0.5, 0.6) is 0 Å². The smallest absolute Gasteiger partial charge is 0.0849 e. The summed E-state index contributed by atoms with van der Waals surface area (Å²) in [6.45, 7) is 2.07. The number of rotatable bonds is 6. The fourth-order valence-electron chi connectivity index (χ4n) is 1.23. The van der Waals surface area contributed by atoms with E-state index in [4.69, 9.17) is 5.11 Å². The van der Waals surface area contributed by atoms with Crippen molar-refractivity contribution >= 4 is 0 Å². The predicted molar refractivity (Wildman–Crippen MR) is 54.0 cm³/mol. The lowest BCUT2D eigenvalue weighted by Gasteiger charge is -2.07. The molecule has 0 unspecified atom stereocenters. The second-order valence-electron chi connectivity index (χ2n) is 3.60. The summed E-state index contributed by atoms with van der Waals surface area (Å²) >= 11 is 0. The SMILES string of the molecule is CN(C)CCCn1cc(CCO)nn1. The largest absolute Gasteiger partial charge is 0.396 e. The van der Waals surface area contributed by atoms with Crippen molar-refractivity contribution < 1.29 is 5.11 Å². The lowest BCUT2D eigenvalue weighted by Crippen LogP contribution is -2.15. The Morgan fingerprint density at radius 3 is 2.93 bits per heavy atom. The maximum atomic E-state index is 8.69. The first kappa shape index (κ1) is 11.1. The summed E-state index contributed by atoms with van der Waals surface area (Å²) < 4.78 is 1.83. The molecule has 0 aliphatic rings. The van der Waals surface area contributed by atoms with Gasteiger partial charge in [-0.2, -0.15) is 0 Å². The quantitative estimate of drug-likeness (QED) is 0.685. The first-order chi connectivity index (χ1) is 6.72. The fourth-order valence-corrected chi connectivity index (χ4v) is 1.23. The van der Waals surface area contributed by atoms with Gasteiger partial charge in [0.05, 0.1) is 5.69 Å². The Kier molecular flexibility index (Phi) is 4.55. The van der Waals surface area contributed by atoms with Crippen LogP contribution in [0.15, 0.2) is 6.20 Å². The van der Waals surface area contributed by atoms with Crippen LogP contribution in [-0.4, -0.2) is 52.2 Å². The normalized spacial score (nSPS) is 11.1. The molecule has 0 aromatic carbocycles. The van der Waals surface area contributed by atoms with Crippen LogP contribution in [0.4, 0.5) is 0 Å². The van der Waals surface area contributed by atoms with Crippen LogP contribution < -0.4 is 0 Å². The summed E-state index contributed by atoms with van der Waals surface area (Å²) in [5.74, 6) is 0. The standard InChI is InChI=1S/C9H18N4O/c1-12(2)5-3-6-13-8-9(4-7-14)10-11-13/h8,14H,3-7H2,1-2H3. The molecular formula is C9H18N4O. The minimum atomic E-state index is 0.135. The minimum absolute atomic E-state index is 0.135. The zero-order valence-electron chi connectivity index (χ0n) is 8.85. The van der Waals surface area contributed by atoms with Gasteiger partial charge in [-0.3, -0.25) is 4.68 Å². The van der Waals surface area contributed by atoms with Crippen molar-refractivity contribution in [1.29, 1.82) is 0 Å². The van der Waals surface area contributed by atoms with Gasteiger partial charge < -0.3 is 10.0 Å². The summed E-state index contributed by atoms with van der Waals surface area (Å²) in [7, 11) is 4.11. The average molecular weight is 198 g/mol. The third kappa shape index (κ3) is 3.85. The molecule has 0 atom stereocenters. The van der Waals surface area contributed by atoms with E-state index in [-0.39, 0.29) is 6.61 Å². The summed E-state index contributed by atoms with van der Waals surface area (Å²) in [5, 5.41) is 16.6. The number of hydrogen-bond acceptors (Lipinski definition) is 4. The number of aryl methyl sites for hydroxylation is 1. The third-order valence-electron chi connectivity index (χ3n) is 1.95. The Morgan fingerprint density at radius 2 is 2.29 bits per heavy atom. The van der Waals surface area contributed by atoms with Gasteiger partial charge in [0.15, 0.2) is 0 Å². The van der Waals surface area contributed by atoms with Gasteiger partial charge in [-0.1, -0.05) is 5.21 Å². The summed E-state index contributed by atoms with van der Waals surface area (Å²) in [6, 6.07) is 0. The monoisotopic (exact) mass is 198 g/mol. The molecular weight excluding hydrogens is 180 g/mol. The molecule has 0 saturated heterocycles. The predicted octanol–water partition coefficient (Wildman–Crippen LogP) is -0.235. The first-order valence-corrected chi connectivity index (χ1v) is 4.87. The zero-order chi connectivity index (χ0) is 10.4. The second kappa shape index (κ2) is 5.72. The van der Waals surface area contributed by atoms with Crippen LogP contribution in [0.25, 0.3) is 0 Å². The molecule has 1 N–H and O–H groups in total. The van der Waals surface area contributed by atoms with Crippen LogP contribution in [0.3, 0.4) is 0 Å². The van der Waals surface area contributed by atoms with Crippen LogP contribution in [-0.2, 0) is 13.0 Å². The van der Waals surface area contributed by atoms with Crippen molar-refractivity contribution in [2.75, 3.05) is 27.2 Å². The first-order valence-electron chi connectivity index (χ1n) is 4.87. The molecule has 1 aromatic heterocycles. The van der Waals surface area contributed by atoms with Gasteiger partial charge in [0.2, 0.25) is 0 Å². The minimum Gasteiger partial charge on any atom is -0.396 e. The van der Waals surface area contributed by atoms with E-state index in [1.165, 1.54) is 0 Å². The van der Waals surface area contributed by atoms with Crippen molar-refractivity contribution in [2.24, 2.45) is 0 Å². The Hall–Kier alpha value is -0.940. The zero-order valence-corrected chi connectivity index (χ0v) is 8.85. The van der Waals surface area contributed by atoms with Gasteiger partial charge in [-0.15, -0.1) is 5.10 Å². The molecule has 0 bridgehead atoms. The van der Waals surface area contributed by atoms with Gasteiger partial charge >= 0.3 is 0 Å². The maximum absolute atomic E-state index is 8.69. The second-order valence-corrected chi connectivity index (χ2v) is 3.60. The number of aliphatic hydroxyl groups is 1. The Labute approximate surface area is 84.3 Å². The molecule has 5 nitrogen and oxygen atoms in total. The van der Waals surface area contributed by atoms with E-state index in [9.17, 15) is 0 Å². The summed E-state index contributed by atoms with van der Waals surface area (Å²) in [6.07, 6.45) is 3.55. The molecule has 1 heterocycles. The Morgan fingerprint density at radius 1 is 1.50 bits per heavy atom. The highest BCUT2D eigenvalue weighted by atomic mass is 16.3. The van der Waals surface area contributed by atoms with Crippen molar-refractivity contribution in [2.45, 2.75) is 19.4 Å². The van der Waals surface area contributed by atoms with E-state index in [1.54, 1.807) is 0 Å². The van der Waals surface area contributed by atoms with Crippen LogP contribution in [0, 0.1) is 0 Å². The molecule has 1 aromatic rings. The van der Waals surface area contributed by atoms with Crippen molar-refractivity contribution in [3.63, 3.8) is 0 Å². The summed E-state index contributed by atoms with van der Waals surface area (Å²) in [5.41, 5.74) is 0.859. The van der Waals surface area contributed by atoms with E-state index in [2.05, 4.69) is 29.3 Å². The lowest BCUT2D eigenvalue weighted by molar-refractivity contribution is 0.298. The molecule has 5 heteroatoms. The summed E-state index contributed by atoms with van der Waals surface area (Å²) in [4.78, 5) is 2.14. The maximum Gasteiger partial charge on any atom is 0.0849 e. The van der Waals surface area contributed by atoms with E-state index < -0.39 is 0 Å². The number of aliphatic hydroxyl groups excluding tert-OH is 1.